The number of aliphatic hydroxyl groups excluding tert-OH is 1. The van der Waals surface area contributed by atoms with Crippen molar-refractivity contribution < 1.29 is 24.5 Å². The number of aliphatic hydroxyl groups is 2. The van der Waals surface area contributed by atoms with Crippen molar-refractivity contribution >= 4 is 11.9 Å². The largest absolute Gasteiger partial charge is 0.459 e. The van der Waals surface area contributed by atoms with Crippen LogP contribution in [0.1, 0.15) is 110 Å². The average molecular weight is 402 g/mol. The molecule has 0 aliphatic carbocycles. The molecule has 0 aliphatic heterocycles. The van der Waals surface area contributed by atoms with E-state index in [-0.39, 0.29) is 12.5 Å². The van der Waals surface area contributed by atoms with Gasteiger partial charge in [-0.2, -0.15) is 0 Å². The lowest BCUT2D eigenvalue weighted by molar-refractivity contribution is -0.156. The predicted molar refractivity (Wildman–Crippen MR) is 112 cm³/mol. The van der Waals surface area contributed by atoms with Crippen molar-refractivity contribution in [1.82, 2.24) is 5.32 Å². The van der Waals surface area contributed by atoms with E-state index in [1.807, 2.05) is 0 Å². The van der Waals surface area contributed by atoms with Crippen LogP contribution < -0.4 is 5.32 Å². The van der Waals surface area contributed by atoms with Crippen LogP contribution >= 0.6 is 0 Å². The maximum atomic E-state index is 11.6. The molecule has 0 unspecified atom stereocenters. The third-order valence-electron chi connectivity index (χ3n) is 4.83. The van der Waals surface area contributed by atoms with Crippen LogP contribution in [-0.4, -0.2) is 41.5 Å². The number of carbonyl (C=O) groups is 2. The van der Waals surface area contributed by atoms with Crippen LogP contribution in [0, 0.1) is 0 Å². The van der Waals surface area contributed by atoms with Crippen LogP contribution in [0.5, 0.6) is 0 Å². The Hall–Kier alpha value is -1.14. The lowest BCUT2D eigenvalue weighted by atomic mass is 10.0. The van der Waals surface area contributed by atoms with Gasteiger partial charge < -0.3 is 20.3 Å². The van der Waals surface area contributed by atoms with E-state index in [0.717, 1.165) is 19.3 Å². The van der Waals surface area contributed by atoms with E-state index in [1.54, 1.807) is 0 Å². The molecule has 0 aromatic carbocycles. The molecule has 0 radical (unpaired) electrons. The molecular formula is C22H43NO5. The number of carbonyl (C=O) groups excluding carboxylic acids is 2. The van der Waals surface area contributed by atoms with E-state index in [1.165, 1.54) is 77.0 Å². The summed E-state index contributed by atoms with van der Waals surface area (Å²) in [5.74, 6) is -0.839. The Kier molecular flexibility index (Phi) is 19.8. The smallest absolute Gasteiger partial charge is 0.325 e. The first-order valence-electron chi connectivity index (χ1n) is 11.3. The zero-order chi connectivity index (χ0) is 20.9. The summed E-state index contributed by atoms with van der Waals surface area (Å²) in [6.07, 6.45) is 18.0. The number of esters is 1. The molecule has 0 saturated carbocycles. The third kappa shape index (κ3) is 21.2. The van der Waals surface area contributed by atoms with Crippen LogP contribution in [0.15, 0.2) is 0 Å². The molecule has 0 fully saturated rings. The number of nitrogens with one attached hydrogen (secondary N) is 1. The molecule has 28 heavy (non-hydrogen) atoms. The molecule has 0 aromatic heterocycles. The number of hydrogen-bond acceptors (Lipinski definition) is 5. The molecule has 0 spiro atoms. The van der Waals surface area contributed by atoms with E-state index in [4.69, 9.17) is 10.2 Å². The quantitative estimate of drug-likeness (QED) is 0.161. The van der Waals surface area contributed by atoms with E-state index in [2.05, 4.69) is 17.0 Å². The molecule has 166 valence electrons. The summed E-state index contributed by atoms with van der Waals surface area (Å²) in [6, 6.07) is 0. The van der Waals surface area contributed by atoms with Gasteiger partial charge in [0.05, 0.1) is 0 Å². The molecule has 0 aliphatic rings. The van der Waals surface area contributed by atoms with Crippen molar-refractivity contribution in [2.45, 2.75) is 116 Å². The first-order valence-corrected chi connectivity index (χ1v) is 11.3. The van der Waals surface area contributed by atoms with Crippen molar-refractivity contribution in [3.05, 3.63) is 0 Å². The molecule has 6 heteroatoms. The summed E-state index contributed by atoms with van der Waals surface area (Å²) in [4.78, 5) is 22.8. The normalized spacial score (nSPS) is 11.0. The molecule has 0 bridgehead atoms. The standard InChI is InChI=1S/C22H43NO5/c1-2-3-4-5-6-7-8-9-10-11-12-13-14-15-16-17-20(24)23-18-22(27)28-19-21(25)26/h21,25-26H,2-19H2,1H3,(H,23,24). The van der Waals surface area contributed by atoms with Gasteiger partial charge in [0, 0.05) is 6.42 Å². The molecule has 0 saturated heterocycles. The van der Waals surface area contributed by atoms with Gasteiger partial charge in [-0.1, -0.05) is 96.8 Å². The maximum absolute atomic E-state index is 11.6. The minimum Gasteiger partial charge on any atom is -0.459 e. The molecule has 0 rings (SSSR count). The summed E-state index contributed by atoms with van der Waals surface area (Å²) < 4.78 is 4.53. The first-order chi connectivity index (χ1) is 13.6. The highest BCUT2D eigenvalue weighted by Crippen LogP contribution is 2.13. The van der Waals surface area contributed by atoms with Crippen molar-refractivity contribution in [3.8, 4) is 0 Å². The summed E-state index contributed by atoms with van der Waals surface area (Å²) in [7, 11) is 0. The van der Waals surface area contributed by atoms with Gasteiger partial charge in [0.15, 0.2) is 6.29 Å². The number of ether oxygens (including phenoxy) is 1. The second-order valence-corrected chi connectivity index (χ2v) is 7.64. The Bertz CT molecular complexity index is 374. The molecule has 0 atom stereocenters. The van der Waals surface area contributed by atoms with Crippen LogP contribution in [0.25, 0.3) is 0 Å². The van der Waals surface area contributed by atoms with Crippen LogP contribution in [0.3, 0.4) is 0 Å². The van der Waals surface area contributed by atoms with Gasteiger partial charge in [-0.3, -0.25) is 9.59 Å². The average Bonchev–Trinajstić information content (AvgIpc) is 2.67. The third-order valence-corrected chi connectivity index (χ3v) is 4.83. The molecular weight excluding hydrogens is 358 g/mol. The summed E-state index contributed by atoms with van der Waals surface area (Å²) in [5, 5.41) is 19.6. The molecule has 0 heterocycles. The Morgan fingerprint density at radius 1 is 0.750 bits per heavy atom. The number of unbranched alkanes of at least 4 members (excludes halogenated alkanes) is 14. The number of amides is 1. The lowest BCUT2D eigenvalue weighted by Gasteiger charge is -2.07. The van der Waals surface area contributed by atoms with E-state index >= 15 is 0 Å². The Morgan fingerprint density at radius 2 is 1.18 bits per heavy atom. The van der Waals surface area contributed by atoms with Gasteiger partial charge >= 0.3 is 5.97 Å². The van der Waals surface area contributed by atoms with E-state index in [0.29, 0.717) is 6.42 Å². The van der Waals surface area contributed by atoms with E-state index in [9.17, 15) is 9.59 Å². The molecule has 6 nitrogen and oxygen atoms in total. The highest BCUT2D eigenvalue weighted by atomic mass is 16.6. The molecule has 1 amide bonds. The van der Waals surface area contributed by atoms with Gasteiger partial charge in [-0.05, 0) is 6.42 Å². The van der Waals surface area contributed by atoms with Gasteiger partial charge in [0.25, 0.3) is 0 Å². The van der Waals surface area contributed by atoms with Crippen molar-refractivity contribution in [2.75, 3.05) is 13.2 Å². The Balaban J connectivity index is 3.24. The lowest BCUT2D eigenvalue weighted by Crippen LogP contribution is -2.31. The zero-order valence-corrected chi connectivity index (χ0v) is 17.9. The first kappa shape index (κ1) is 26.9. The topological polar surface area (TPSA) is 95.9 Å². The molecule has 0 aromatic rings. The number of hydrogen-bond donors (Lipinski definition) is 3. The van der Waals surface area contributed by atoms with Gasteiger partial charge in [-0.15, -0.1) is 0 Å². The van der Waals surface area contributed by atoms with Gasteiger partial charge in [0.2, 0.25) is 5.91 Å². The minimum absolute atomic E-state index is 0.170. The zero-order valence-electron chi connectivity index (χ0n) is 17.9. The highest BCUT2D eigenvalue weighted by Gasteiger charge is 2.08. The predicted octanol–water partition coefficient (Wildman–Crippen LogP) is 4.22. The SMILES string of the molecule is CCCCCCCCCCCCCCCCCC(=O)NCC(=O)OCC(O)O. The minimum atomic E-state index is -1.68. The Labute approximate surface area is 171 Å². The second-order valence-electron chi connectivity index (χ2n) is 7.64. The maximum Gasteiger partial charge on any atom is 0.325 e. The van der Waals surface area contributed by atoms with Gasteiger partial charge in [-0.25, -0.2) is 0 Å². The van der Waals surface area contributed by atoms with Crippen LogP contribution in [0.4, 0.5) is 0 Å². The van der Waals surface area contributed by atoms with Crippen LogP contribution in [0.2, 0.25) is 0 Å². The second kappa shape index (κ2) is 20.6. The van der Waals surface area contributed by atoms with Crippen LogP contribution in [-0.2, 0) is 14.3 Å². The summed E-state index contributed by atoms with van der Waals surface area (Å²) in [6.45, 7) is 1.55. The highest BCUT2D eigenvalue weighted by molar-refractivity contribution is 5.81. The van der Waals surface area contributed by atoms with Crippen molar-refractivity contribution in [2.24, 2.45) is 0 Å². The monoisotopic (exact) mass is 401 g/mol. The van der Waals surface area contributed by atoms with Crippen molar-refractivity contribution in [1.29, 1.82) is 0 Å². The van der Waals surface area contributed by atoms with Crippen molar-refractivity contribution in [3.63, 3.8) is 0 Å². The van der Waals surface area contributed by atoms with Gasteiger partial charge in [0.1, 0.15) is 13.2 Å². The van der Waals surface area contributed by atoms with E-state index < -0.39 is 18.9 Å². The fourth-order valence-corrected chi connectivity index (χ4v) is 3.13. The summed E-state index contributed by atoms with van der Waals surface area (Å²) in [5.41, 5.74) is 0. The Morgan fingerprint density at radius 3 is 1.61 bits per heavy atom. The summed E-state index contributed by atoms with van der Waals surface area (Å²) >= 11 is 0. The molecule has 3 N–H and O–H groups in total. The number of rotatable bonds is 20. The fraction of sp³-hybridized carbons (Fsp3) is 0.909. The fourth-order valence-electron chi connectivity index (χ4n) is 3.13.